The van der Waals surface area contributed by atoms with Crippen molar-refractivity contribution < 1.29 is 14.6 Å². The fourth-order valence-corrected chi connectivity index (χ4v) is 2.74. The number of hydrogen-bond donors (Lipinski definition) is 2. The number of carbonyl (C=O) groups is 1. The Balaban J connectivity index is 2.30. The molecule has 24 heavy (non-hydrogen) atoms. The van der Waals surface area contributed by atoms with Gasteiger partial charge >= 0.3 is 0 Å². The summed E-state index contributed by atoms with van der Waals surface area (Å²) in [4.78, 5) is 24.1. The highest BCUT2D eigenvalue weighted by atomic mass is 16.6. The van der Waals surface area contributed by atoms with Crippen molar-refractivity contribution in [2.24, 2.45) is 0 Å². The van der Waals surface area contributed by atoms with Gasteiger partial charge in [-0.25, -0.2) is 0 Å². The number of carbonyl (C=O) groups excluding carboxylic acids is 1. The predicted molar refractivity (Wildman–Crippen MR) is 93.2 cm³/mol. The Morgan fingerprint density at radius 2 is 1.62 bits per heavy atom. The number of nitro groups is 1. The first-order chi connectivity index (χ1) is 11.3. The van der Waals surface area contributed by atoms with Gasteiger partial charge in [-0.3, -0.25) is 14.9 Å². The molecule has 0 saturated heterocycles. The zero-order valence-corrected chi connectivity index (χ0v) is 14.3. The van der Waals surface area contributed by atoms with Crippen molar-refractivity contribution in [3.8, 4) is 0 Å². The van der Waals surface area contributed by atoms with E-state index in [-0.39, 0.29) is 11.6 Å². The van der Waals surface area contributed by atoms with Crippen LogP contribution in [0, 0.1) is 24.0 Å². The smallest absolute Gasteiger partial charge is 0.287 e. The van der Waals surface area contributed by atoms with E-state index >= 15 is 0 Å². The lowest BCUT2D eigenvalue weighted by atomic mass is 10.0. The van der Waals surface area contributed by atoms with E-state index in [0.717, 1.165) is 27.3 Å². The van der Waals surface area contributed by atoms with Crippen LogP contribution < -0.4 is 10.2 Å². The van der Waals surface area contributed by atoms with E-state index in [9.17, 15) is 14.9 Å². The number of nitrogens with zero attached hydrogens (tertiary/aromatic N) is 1. The lowest BCUT2D eigenvalue weighted by Gasteiger charge is -2.22. The Labute approximate surface area is 141 Å². The number of nitrogens with one attached hydrogen (secondary N) is 2. The first-order valence-electron chi connectivity index (χ1n) is 7.72. The topological polar surface area (TPSA) is 76.7 Å². The molecule has 0 aliphatic rings. The van der Waals surface area contributed by atoms with Crippen LogP contribution in [0.1, 0.15) is 22.7 Å². The second-order valence-corrected chi connectivity index (χ2v) is 6.12. The quantitative estimate of drug-likeness (QED) is 0.651. The molecule has 0 aromatic heterocycles. The van der Waals surface area contributed by atoms with Crippen LogP contribution in [0.5, 0.6) is 0 Å². The molecule has 0 aliphatic carbocycles. The van der Waals surface area contributed by atoms with Gasteiger partial charge in [-0.15, -0.1) is 0 Å². The second kappa shape index (κ2) is 7.23. The van der Waals surface area contributed by atoms with Gasteiger partial charge in [0, 0.05) is 23.4 Å². The summed E-state index contributed by atoms with van der Waals surface area (Å²) in [6, 6.07) is 11.5. The number of nitro benzene ring substituents is 1. The highest BCUT2D eigenvalue weighted by molar-refractivity contribution is 5.95. The molecule has 2 aromatic carbocycles. The van der Waals surface area contributed by atoms with Gasteiger partial charge in [0.2, 0.25) is 0 Å². The molecule has 1 atom stereocenters. The molecule has 0 aliphatic heterocycles. The summed E-state index contributed by atoms with van der Waals surface area (Å²) >= 11 is 0. The van der Waals surface area contributed by atoms with Gasteiger partial charge < -0.3 is 10.2 Å². The maximum atomic E-state index is 12.8. The number of para-hydroxylation sites is 1. The van der Waals surface area contributed by atoms with Crippen LogP contribution in [0.15, 0.2) is 42.5 Å². The standard InChI is InChI=1S/C18H21N3O3/c1-12-6-5-7-13(2)16(12)19-18(22)17(20(3)4)14-8-10-15(11-9-14)21(23)24/h5-11,17H,1-4H3,(H,19,22)/p+1/t17-/m0/s1. The Kier molecular flexibility index (Phi) is 5.31. The molecule has 0 saturated carbocycles. The van der Waals surface area contributed by atoms with Crippen LogP contribution in [-0.4, -0.2) is 24.9 Å². The minimum atomic E-state index is -0.454. The molecule has 0 heterocycles. The molecule has 0 unspecified atom stereocenters. The third kappa shape index (κ3) is 3.78. The molecule has 2 N–H and O–H groups in total. The van der Waals surface area contributed by atoms with E-state index in [4.69, 9.17) is 0 Å². The number of non-ortho nitro benzene ring substituents is 1. The molecular weight excluding hydrogens is 306 g/mol. The average molecular weight is 328 g/mol. The fraction of sp³-hybridized carbons (Fsp3) is 0.278. The van der Waals surface area contributed by atoms with Gasteiger partial charge in [-0.2, -0.15) is 0 Å². The summed E-state index contributed by atoms with van der Waals surface area (Å²) in [5.74, 6) is -0.138. The summed E-state index contributed by atoms with van der Waals surface area (Å²) in [7, 11) is 3.77. The summed E-state index contributed by atoms with van der Waals surface area (Å²) in [6.07, 6.45) is 0. The largest absolute Gasteiger partial charge is 0.326 e. The van der Waals surface area contributed by atoms with Crippen molar-refractivity contribution in [3.63, 3.8) is 0 Å². The lowest BCUT2D eigenvalue weighted by Crippen LogP contribution is -3.07. The highest BCUT2D eigenvalue weighted by Gasteiger charge is 2.28. The maximum absolute atomic E-state index is 12.8. The summed E-state index contributed by atoms with van der Waals surface area (Å²) in [6.45, 7) is 3.90. The van der Waals surface area contributed by atoms with Crippen molar-refractivity contribution in [1.82, 2.24) is 0 Å². The molecule has 126 valence electrons. The van der Waals surface area contributed by atoms with E-state index < -0.39 is 11.0 Å². The Bertz CT molecular complexity index is 734. The molecule has 6 heteroatoms. The zero-order valence-electron chi connectivity index (χ0n) is 14.3. The third-order valence-electron chi connectivity index (χ3n) is 4.01. The van der Waals surface area contributed by atoms with Crippen LogP contribution >= 0.6 is 0 Å². The van der Waals surface area contributed by atoms with Crippen LogP contribution in [0.2, 0.25) is 0 Å². The molecule has 0 spiro atoms. The number of quaternary nitrogens is 1. The molecule has 6 nitrogen and oxygen atoms in total. The van der Waals surface area contributed by atoms with Crippen molar-refractivity contribution in [2.45, 2.75) is 19.9 Å². The molecule has 1 amide bonds. The van der Waals surface area contributed by atoms with Gasteiger partial charge in [-0.05, 0) is 37.1 Å². The summed E-state index contributed by atoms with van der Waals surface area (Å²) < 4.78 is 0. The van der Waals surface area contributed by atoms with Gasteiger partial charge in [0.15, 0.2) is 6.04 Å². The van der Waals surface area contributed by atoms with Crippen LogP contribution in [-0.2, 0) is 4.79 Å². The van der Waals surface area contributed by atoms with E-state index in [1.54, 1.807) is 12.1 Å². The van der Waals surface area contributed by atoms with Gasteiger partial charge in [-0.1, -0.05) is 18.2 Å². The number of aryl methyl sites for hydroxylation is 2. The Morgan fingerprint density at radius 1 is 1.08 bits per heavy atom. The van der Waals surface area contributed by atoms with Crippen LogP contribution in [0.3, 0.4) is 0 Å². The van der Waals surface area contributed by atoms with Gasteiger partial charge in [0.05, 0.1) is 19.0 Å². The molecule has 2 rings (SSSR count). The van der Waals surface area contributed by atoms with Crippen LogP contribution in [0.25, 0.3) is 0 Å². The molecule has 2 aromatic rings. The first kappa shape index (κ1) is 17.6. The lowest BCUT2D eigenvalue weighted by molar-refractivity contribution is -0.881. The molecule has 0 radical (unpaired) electrons. The van der Waals surface area contributed by atoms with E-state index in [1.165, 1.54) is 12.1 Å². The number of likely N-dealkylation sites (N-methyl/N-ethyl adjacent to an activating group) is 1. The second-order valence-electron chi connectivity index (χ2n) is 6.12. The zero-order chi connectivity index (χ0) is 17.9. The van der Waals surface area contributed by atoms with Crippen molar-refractivity contribution in [1.29, 1.82) is 0 Å². The minimum absolute atomic E-state index is 0.0152. The summed E-state index contributed by atoms with van der Waals surface area (Å²) in [5, 5.41) is 13.8. The van der Waals surface area contributed by atoms with Gasteiger partial charge in [0.25, 0.3) is 11.6 Å². The number of hydrogen-bond acceptors (Lipinski definition) is 3. The Morgan fingerprint density at radius 3 is 2.08 bits per heavy atom. The predicted octanol–water partition coefficient (Wildman–Crippen LogP) is 2.04. The minimum Gasteiger partial charge on any atom is -0.326 e. The first-order valence-corrected chi connectivity index (χ1v) is 7.72. The van der Waals surface area contributed by atoms with E-state index in [0.29, 0.717) is 0 Å². The number of rotatable bonds is 5. The molecular formula is C18H22N3O3+. The van der Waals surface area contributed by atoms with Crippen LogP contribution in [0.4, 0.5) is 11.4 Å². The van der Waals surface area contributed by atoms with Crippen molar-refractivity contribution in [2.75, 3.05) is 19.4 Å². The number of benzene rings is 2. The van der Waals surface area contributed by atoms with Gasteiger partial charge in [0.1, 0.15) is 0 Å². The monoisotopic (exact) mass is 328 g/mol. The number of anilines is 1. The SMILES string of the molecule is Cc1cccc(C)c1NC(=O)[C@H](c1ccc([N+](=O)[O-])cc1)[NH+](C)C. The normalized spacial score (nSPS) is 12.0. The number of amides is 1. The molecule has 0 bridgehead atoms. The third-order valence-corrected chi connectivity index (χ3v) is 4.01. The highest BCUT2D eigenvalue weighted by Crippen LogP contribution is 2.22. The van der Waals surface area contributed by atoms with Crippen molar-refractivity contribution in [3.05, 3.63) is 69.3 Å². The van der Waals surface area contributed by atoms with Crippen molar-refractivity contribution >= 4 is 17.3 Å². The Hall–Kier alpha value is -2.73. The van der Waals surface area contributed by atoms with E-state index in [1.807, 2.05) is 46.1 Å². The summed E-state index contributed by atoms with van der Waals surface area (Å²) in [5.41, 5.74) is 3.57. The fourth-order valence-electron chi connectivity index (χ4n) is 2.74. The maximum Gasteiger partial charge on any atom is 0.287 e. The molecule has 0 fully saturated rings. The van der Waals surface area contributed by atoms with E-state index in [2.05, 4.69) is 5.32 Å². The average Bonchev–Trinajstić information content (AvgIpc) is 2.51.